The Morgan fingerprint density at radius 2 is 1.70 bits per heavy atom. The number of benzene rings is 1. The van der Waals surface area contributed by atoms with E-state index >= 15 is 0 Å². The second-order valence-corrected chi connectivity index (χ2v) is 5.95. The van der Waals surface area contributed by atoms with Crippen molar-refractivity contribution in [2.45, 2.75) is 0 Å². The SMILES string of the molecule is COc1cccc(OC)c1C(=O)N1CCN(c2ccc([N+](=O)[O-])nc2)CC1. The number of nitrogens with zero attached hydrogens (tertiary/aromatic N) is 4. The van der Waals surface area contributed by atoms with E-state index in [2.05, 4.69) is 4.98 Å². The maximum Gasteiger partial charge on any atom is 0.363 e. The molecule has 0 spiro atoms. The van der Waals surface area contributed by atoms with Crippen LogP contribution in [0.25, 0.3) is 0 Å². The quantitative estimate of drug-likeness (QED) is 0.584. The van der Waals surface area contributed by atoms with Crippen molar-refractivity contribution in [3.8, 4) is 11.5 Å². The maximum atomic E-state index is 13.0. The molecular weight excluding hydrogens is 352 g/mol. The Morgan fingerprint density at radius 3 is 2.19 bits per heavy atom. The molecule has 1 aliphatic rings. The highest BCUT2D eigenvalue weighted by molar-refractivity contribution is 5.99. The fraction of sp³-hybridized carbons (Fsp3) is 0.333. The predicted molar refractivity (Wildman–Crippen MR) is 98.6 cm³/mol. The lowest BCUT2D eigenvalue weighted by Gasteiger charge is -2.35. The van der Waals surface area contributed by atoms with Gasteiger partial charge in [0, 0.05) is 32.2 Å². The zero-order valence-electron chi connectivity index (χ0n) is 15.1. The van der Waals surface area contributed by atoms with E-state index < -0.39 is 4.92 Å². The molecular formula is C18H20N4O5. The number of nitro groups is 1. The van der Waals surface area contributed by atoms with Crippen molar-refractivity contribution in [1.82, 2.24) is 9.88 Å². The molecule has 0 aliphatic carbocycles. The Kier molecular flexibility index (Phi) is 5.39. The van der Waals surface area contributed by atoms with Crippen LogP contribution in [-0.4, -0.2) is 61.1 Å². The molecule has 1 fully saturated rings. The maximum absolute atomic E-state index is 13.0. The Balaban J connectivity index is 1.70. The third-order valence-corrected chi connectivity index (χ3v) is 4.49. The van der Waals surface area contributed by atoms with Gasteiger partial charge in [-0.15, -0.1) is 0 Å². The summed E-state index contributed by atoms with van der Waals surface area (Å²) in [6, 6.07) is 8.29. The summed E-state index contributed by atoms with van der Waals surface area (Å²) in [6.45, 7) is 2.22. The summed E-state index contributed by atoms with van der Waals surface area (Å²) in [5.74, 6) is 0.615. The molecule has 2 heterocycles. The lowest BCUT2D eigenvalue weighted by molar-refractivity contribution is -0.389. The standard InChI is InChI=1S/C18H20N4O5/c1-26-14-4-3-5-15(27-2)17(14)18(23)21-10-8-20(9-11-21)13-6-7-16(19-12-13)22(24)25/h3-7,12H,8-11H2,1-2H3. The number of pyridine rings is 1. The fourth-order valence-electron chi connectivity index (χ4n) is 3.06. The van der Waals surface area contributed by atoms with Crippen molar-refractivity contribution in [2.75, 3.05) is 45.3 Å². The predicted octanol–water partition coefficient (Wildman–Crippen LogP) is 1.97. The molecule has 0 saturated carbocycles. The van der Waals surface area contributed by atoms with Crippen LogP contribution in [-0.2, 0) is 0 Å². The van der Waals surface area contributed by atoms with E-state index in [1.807, 2.05) is 4.90 Å². The topological polar surface area (TPSA) is 98.0 Å². The number of hydrogen-bond acceptors (Lipinski definition) is 7. The van der Waals surface area contributed by atoms with Crippen LogP contribution in [0.3, 0.4) is 0 Å². The molecule has 142 valence electrons. The Morgan fingerprint density at radius 1 is 1.07 bits per heavy atom. The van der Waals surface area contributed by atoms with Crippen molar-refractivity contribution in [3.05, 3.63) is 52.2 Å². The van der Waals surface area contributed by atoms with Crippen molar-refractivity contribution in [2.24, 2.45) is 0 Å². The van der Waals surface area contributed by atoms with Crippen LogP contribution in [0.1, 0.15) is 10.4 Å². The molecule has 27 heavy (non-hydrogen) atoms. The summed E-state index contributed by atoms with van der Waals surface area (Å²) < 4.78 is 10.6. The van der Waals surface area contributed by atoms with Gasteiger partial charge in [-0.3, -0.25) is 4.79 Å². The first-order valence-corrected chi connectivity index (χ1v) is 8.40. The van der Waals surface area contributed by atoms with E-state index in [1.165, 1.54) is 26.5 Å². The minimum atomic E-state index is -0.527. The first-order chi connectivity index (χ1) is 13.0. The summed E-state index contributed by atoms with van der Waals surface area (Å²) in [5, 5.41) is 10.7. The molecule has 1 aromatic carbocycles. The Labute approximate surface area is 156 Å². The number of rotatable bonds is 5. The van der Waals surface area contributed by atoms with Gasteiger partial charge in [-0.25, -0.2) is 0 Å². The summed E-state index contributed by atoms with van der Waals surface area (Å²) in [6.07, 6.45) is 1.48. The van der Waals surface area contributed by atoms with E-state index in [0.717, 1.165) is 5.69 Å². The molecule has 1 amide bonds. The van der Waals surface area contributed by atoms with Gasteiger partial charge in [0.1, 0.15) is 17.1 Å². The van der Waals surface area contributed by atoms with E-state index in [0.29, 0.717) is 43.2 Å². The van der Waals surface area contributed by atoms with E-state index in [4.69, 9.17) is 9.47 Å². The molecule has 1 aromatic heterocycles. The van der Waals surface area contributed by atoms with Crippen LogP contribution < -0.4 is 14.4 Å². The van der Waals surface area contributed by atoms with Crippen LogP contribution >= 0.6 is 0 Å². The minimum absolute atomic E-state index is 0.147. The molecule has 1 aliphatic heterocycles. The van der Waals surface area contributed by atoms with Crippen molar-refractivity contribution < 1.29 is 19.2 Å². The normalized spacial score (nSPS) is 14.0. The van der Waals surface area contributed by atoms with Crippen molar-refractivity contribution in [3.63, 3.8) is 0 Å². The van der Waals surface area contributed by atoms with Gasteiger partial charge in [-0.05, 0) is 28.1 Å². The number of methoxy groups -OCH3 is 2. The first-order valence-electron chi connectivity index (χ1n) is 8.40. The third kappa shape index (κ3) is 3.76. The summed E-state index contributed by atoms with van der Waals surface area (Å²) in [5.41, 5.74) is 1.20. The summed E-state index contributed by atoms with van der Waals surface area (Å²) in [7, 11) is 3.04. The molecule has 2 aromatic rings. The zero-order chi connectivity index (χ0) is 19.4. The van der Waals surface area contributed by atoms with Gasteiger partial charge in [-0.1, -0.05) is 6.07 Å². The fourth-order valence-corrected chi connectivity index (χ4v) is 3.06. The average molecular weight is 372 g/mol. The van der Waals surface area contributed by atoms with Crippen LogP contribution in [0, 0.1) is 10.1 Å². The Bertz CT molecular complexity index is 810. The van der Waals surface area contributed by atoms with Crippen LogP contribution in [0.5, 0.6) is 11.5 Å². The Hall–Kier alpha value is -3.36. The van der Waals surface area contributed by atoms with Gasteiger partial charge in [0.2, 0.25) is 0 Å². The van der Waals surface area contributed by atoms with Gasteiger partial charge in [-0.2, -0.15) is 0 Å². The smallest absolute Gasteiger partial charge is 0.363 e. The van der Waals surface area contributed by atoms with Gasteiger partial charge >= 0.3 is 5.82 Å². The number of aromatic nitrogens is 1. The van der Waals surface area contributed by atoms with Crippen LogP contribution in [0.4, 0.5) is 11.5 Å². The molecule has 0 radical (unpaired) electrons. The molecule has 0 bridgehead atoms. The second-order valence-electron chi connectivity index (χ2n) is 5.95. The highest BCUT2D eigenvalue weighted by atomic mass is 16.6. The first kappa shape index (κ1) is 18.4. The van der Waals surface area contributed by atoms with Crippen molar-refractivity contribution in [1.29, 1.82) is 0 Å². The van der Waals surface area contributed by atoms with E-state index in [9.17, 15) is 14.9 Å². The number of amides is 1. The highest BCUT2D eigenvalue weighted by Gasteiger charge is 2.27. The molecule has 3 rings (SSSR count). The lowest BCUT2D eigenvalue weighted by Crippen LogP contribution is -2.49. The van der Waals surface area contributed by atoms with Gasteiger partial charge in [0.25, 0.3) is 5.91 Å². The number of ether oxygens (including phenoxy) is 2. The van der Waals surface area contributed by atoms with Crippen molar-refractivity contribution >= 4 is 17.4 Å². The van der Waals surface area contributed by atoms with Crippen LogP contribution in [0.15, 0.2) is 36.5 Å². The molecule has 0 unspecified atom stereocenters. The molecule has 9 nitrogen and oxygen atoms in total. The summed E-state index contributed by atoms with van der Waals surface area (Å²) >= 11 is 0. The highest BCUT2D eigenvalue weighted by Crippen LogP contribution is 2.30. The van der Waals surface area contributed by atoms with E-state index in [-0.39, 0.29) is 11.7 Å². The molecule has 1 saturated heterocycles. The number of piperazine rings is 1. The average Bonchev–Trinajstić information content (AvgIpc) is 2.72. The number of carbonyl (C=O) groups is 1. The number of anilines is 1. The number of hydrogen-bond donors (Lipinski definition) is 0. The van der Waals surface area contributed by atoms with Crippen LogP contribution in [0.2, 0.25) is 0 Å². The largest absolute Gasteiger partial charge is 0.496 e. The third-order valence-electron chi connectivity index (χ3n) is 4.49. The van der Waals surface area contributed by atoms with Gasteiger partial charge in [0.15, 0.2) is 6.20 Å². The molecule has 0 N–H and O–H groups in total. The summed E-state index contributed by atoms with van der Waals surface area (Å²) in [4.78, 5) is 30.8. The lowest BCUT2D eigenvalue weighted by atomic mass is 10.1. The van der Waals surface area contributed by atoms with E-state index in [1.54, 1.807) is 29.2 Å². The monoisotopic (exact) mass is 372 g/mol. The minimum Gasteiger partial charge on any atom is -0.496 e. The van der Waals surface area contributed by atoms with Gasteiger partial charge < -0.3 is 29.4 Å². The second kappa shape index (κ2) is 7.90. The molecule has 0 atom stereocenters. The zero-order valence-corrected chi connectivity index (χ0v) is 15.1. The number of carbonyl (C=O) groups excluding carboxylic acids is 1. The van der Waals surface area contributed by atoms with Gasteiger partial charge in [0.05, 0.1) is 19.9 Å². The molecule has 9 heteroatoms.